The van der Waals surface area contributed by atoms with Gasteiger partial charge in [0, 0.05) is 13.1 Å². The van der Waals surface area contributed by atoms with E-state index in [1.807, 2.05) is 6.92 Å². The van der Waals surface area contributed by atoms with Crippen molar-refractivity contribution in [3.05, 3.63) is 0 Å². The highest BCUT2D eigenvalue weighted by Crippen LogP contribution is 1.90. The summed E-state index contributed by atoms with van der Waals surface area (Å²) in [4.78, 5) is 10.7. The maximum atomic E-state index is 10.7. The summed E-state index contributed by atoms with van der Waals surface area (Å²) in [5.41, 5.74) is 0. The van der Waals surface area contributed by atoms with Gasteiger partial charge in [-0.25, -0.2) is 10.1 Å². The molecular weight excluding hydrogens is 140 g/mol. The third-order valence-electron chi connectivity index (χ3n) is 1.36. The van der Waals surface area contributed by atoms with Crippen LogP contribution in [0.4, 0.5) is 4.79 Å². The fourth-order valence-corrected chi connectivity index (χ4v) is 0.770. The molecule has 11 heavy (non-hydrogen) atoms. The quantitative estimate of drug-likeness (QED) is 0.604. The lowest BCUT2D eigenvalue weighted by Crippen LogP contribution is -2.30. The number of amides is 2. The average molecular weight is 157 g/mol. The topological polar surface area (TPSA) is 43.2 Å². The number of hydrogen-bond donors (Lipinski definition) is 1. The molecule has 0 unspecified atom stereocenters. The van der Waals surface area contributed by atoms with Crippen LogP contribution in [0.1, 0.15) is 33.1 Å². The highest BCUT2D eigenvalue weighted by Gasteiger charge is 1.96. The predicted octanol–water partition coefficient (Wildman–Crippen LogP) is 1.51. The van der Waals surface area contributed by atoms with Gasteiger partial charge in [-0.3, -0.25) is 0 Å². The van der Waals surface area contributed by atoms with Crippen molar-refractivity contribution >= 4 is 6.03 Å². The van der Waals surface area contributed by atoms with E-state index in [0.29, 0.717) is 6.54 Å². The molecule has 0 fully saturated rings. The summed E-state index contributed by atoms with van der Waals surface area (Å²) in [6.07, 6.45) is 3.41. The van der Waals surface area contributed by atoms with Gasteiger partial charge in [0.25, 0.3) is 0 Å². The fourth-order valence-electron chi connectivity index (χ4n) is 0.770. The first-order chi connectivity index (χ1) is 5.31. The van der Waals surface area contributed by atoms with Gasteiger partial charge >= 0.3 is 6.03 Å². The van der Waals surface area contributed by atoms with E-state index >= 15 is 0 Å². The Morgan fingerprint density at radius 3 is 2.64 bits per heavy atom. The van der Waals surface area contributed by atoms with Gasteiger partial charge in [-0.1, -0.05) is 19.8 Å². The summed E-state index contributed by atoms with van der Waals surface area (Å²) in [6.45, 7) is 5.32. The van der Waals surface area contributed by atoms with Crippen molar-refractivity contribution in [3.8, 4) is 0 Å². The Hall–Kier alpha value is -0.730. The zero-order chi connectivity index (χ0) is 8.53. The molecule has 0 rings (SSSR count). The Labute approximate surface area is 68.6 Å². The molecule has 3 heteroatoms. The molecule has 0 aromatic rings. The van der Waals surface area contributed by atoms with E-state index < -0.39 is 0 Å². The number of carbonyl (C=O) groups is 1. The molecule has 3 nitrogen and oxygen atoms in total. The summed E-state index contributed by atoms with van der Waals surface area (Å²) in [7, 11) is 0. The molecule has 65 valence electrons. The molecule has 0 aliphatic heterocycles. The van der Waals surface area contributed by atoms with Gasteiger partial charge < -0.3 is 5.32 Å². The van der Waals surface area contributed by atoms with Gasteiger partial charge in [0.2, 0.25) is 0 Å². The van der Waals surface area contributed by atoms with E-state index in [2.05, 4.69) is 17.6 Å². The van der Waals surface area contributed by atoms with Crippen molar-refractivity contribution in [2.45, 2.75) is 33.1 Å². The van der Waals surface area contributed by atoms with Crippen molar-refractivity contribution in [3.63, 3.8) is 0 Å². The van der Waals surface area contributed by atoms with E-state index in [4.69, 9.17) is 0 Å². The second kappa shape index (κ2) is 7.38. The van der Waals surface area contributed by atoms with Gasteiger partial charge in [-0.05, 0) is 13.3 Å². The smallest absolute Gasteiger partial charge is 0.336 e. The minimum absolute atomic E-state index is 0.177. The molecule has 0 aliphatic carbocycles. The van der Waals surface area contributed by atoms with Crippen LogP contribution in [0.15, 0.2) is 0 Å². The van der Waals surface area contributed by atoms with Crippen molar-refractivity contribution in [2.24, 2.45) is 0 Å². The van der Waals surface area contributed by atoms with Gasteiger partial charge in [-0.15, -0.1) is 0 Å². The Morgan fingerprint density at radius 2 is 2.09 bits per heavy atom. The predicted molar refractivity (Wildman–Crippen MR) is 45.6 cm³/mol. The zero-order valence-electron chi connectivity index (χ0n) is 7.39. The van der Waals surface area contributed by atoms with E-state index in [-0.39, 0.29) is 6.03 Å². The molecule has 1 N–H and O–H groups in total. The highest BCUT2D eigenvalue weighted by atomic mass is 16.2. The number of nitrogens with zero attached hydrogens (tertiary/aromatic N) is 1. The second-order valence-electron chi connectivity index (χ2n) is 2.41. The molecule has 0 saturated carbocycles. The van der Waals surface area contributed by atoms with Crippen molar-refractivity contribution in [1.82, 2.24) is 10.6 Å². The van der Waals surface area contributed by atoms with E-state index in [0.717, 1.165) is 13.0 Å². The molecule has 0 aromatic heterocycles. The highest BCUT2D eigenvalue weighted by molar-refractivity contribution is 5.73. The van der Waals surface area contributed by atoms with Crippen LogP contribution in [0.5, 0.6) is 0 Å². The summed E-state index contributed by atoms with van der Waals surface area (Å²) < 4.78 is 0. The standard InChI is InChI=1S/C8H17N2O/c1-3-5-6-7-10-8(11)9-4-2/h3-7H2,1-2H3,(H,10,11). The maximum Gasteiger partial charge on any atom is 0.336 e. The number of nitrogens with one attached hydrogen (secondary N) is 1. The van der Waals surface area contributed by atoms with Crippen LogP contribution >= 0.6 is 0 Å². The van der Waals surface area contributed by atoms with Crippen molar-refractivity contribution in [1.29, 1.82) is 0 Å². The molecule has 1 radical (unpaired) electrons. The lowest BCUT2D eigenvalue weighted by Gasteiger charge is -2.01. The molecule has 0 aromatic carbocycles. The number of urea groups is 1. The van der Waals surface area contributed by atoms with E-state index in [9.17, 15) is 4.79 Å². The van der Waals surface area contributed by atoms with Crippen LogP contribution in [-0.4, -0.2) is 19.1 Å². The Bertz CT molecular complexity index is 104. The average Bonchev–Trinajstić information content (AvgIpc) is 1.99. The van der Waals surface area contributed by atoms with Crippen LogP contribution in [0.2, 0.25) is 0 Å². The minimum atomic E-state index is -0.177. The van der Waals surface area contributed by atoms with Crippen LogP contribution in [0, 0.1) is 0 Å². The first kappa shape index (κ1) is 10.3. The molecule has 0 aliphatic rings. The first-order valence-electron chi connectivity index (χ1n) is 4.26. The molecule has 0 heterocycles. The number of unbranched alkanes of at least 4 members (excludes halogenated alkanes) is 2. The summed E-state index contributed by atoms with van der Waals surface area (Å²) in [6, 6.07) is -0.177. The normalized spacial score (nSPS) is 9.27. The van der Waals surface area contributed by atoms with Crippen LogP contribution in [0.3, 0.4) is 0 Å². The molecule has 0 bridgehead atoms. The second-order valence-corrected chi connectivity index (χ2v) is 2.41. The number of hydrogen-bond acceptors (Lipinski definition) is 1. The summed E-state index contributed by atoms with van der Waals surface area (Å²) in [5, 5.41) is 6.38. The summed E-state index contributed by atoms with van der Waals surface area (Å²) in [5.74, 6) is 0. The minimum Gasteiger partial charge on any atom is -0.337 e. The van der Waals surface area contributed by atoms with Crippen LogP contribution < -0.4 is 10.6 Å². The first-order valence-corrected chi connectivity index (χ1v) is 4.26. The largest absolute Gasteiger partial charge is 0.337 e. The molecule has 0 spiro atoms. The SMILES string of the molecule is CCCCCNC(=O)[N]CC. The third kappa shape index (κ3) is 7.16. The molecule has 0 saturated heterocycles. The molecular formula is C8H17N2O. The summed E-state index contributed by atoms with van der Waals surface area (Å²) >= 11 is 0. The van der Waals surface area contributed by atoms with Gasteiger partial charge in [0.1, 0.15) is 0 Å². The fraction of sp³-hybridized carbons (Fsp3) is 0.875. The van der Waals surface area contributed by atoms with Crippen LogP contribution in [0.25, 0.3) is 0 Å². The Morgan fingerprint density at radius 1 is 1.36 bits per heavy atom. The van der Waals surface area contributed by atoms with E-state index in [1.54, 1.807) is 0 Å². The Balaban J connectivity index is 3.04. The number of carbonyl (C=O) groups excluding carboxylic acids is 1. The van der Waals surface area contributed by atoms with E-state index in [1.165, 1.54) is 12.8 Å². The molecule has 0 atom stereocenters. The van der Waals surface area contributed by atoms with Crippen LogP contribution in [-0.2, 0) is 0 Å². The zero-order valence-corrected chi connectivity index (χ0v) is 7.39. The van der Waals surface area contributed by atoms with Crippen molar-refractivity contribution in [2.75, 3.05) is 13.1 Å². The Kier molecular flexibility index (Phi) is 6.89. The van der Waals surface area contributed by atoms with Gasteiger partial charge in [0.15, 0.2) is 0 Å². The third-order valence-corrected chi connectivity index (χ3v) is 1.36. The lowest BCUT2D eigenvalue weighted by atomic mass is 10.2. The maximum absolute atomic E-state index is 10.7. The lowest BCUT2D eigenvalue weighted by molar-refractivity contribution is 0.240. The van der Waals surface area contributed by atoms with Gasteiger partial charge in [-0.2, -0.15) is 0 Å². The molecule has 2 amide bonds. The number of rotatable bonds is 5. The van der Waals surface area contributed by atoms with Crippen molar-refractivity contribution < 1.29 is 4.79 Å². The monoisotopic (exact) mass is 157 g/mol. The van der Waals surface area contributed by atoms with Gasteiger partial charge in [0.05, 0.1) is 0 Å².